The van der Waals surface area contributed by atoms with Gasteiger partial charge in [-0.15, -0.1) is 0 Å². The minimum atomic E-state index is -1.73. The summed E-state index contributed by atoms with van der Waals surface area (Å²) in [7, 11) is -1.73. The van der Waals surface area contributed by atoms with E-state index in [1.54, 1.807) is 0 Å². The van der Waals surface area contributed by atoms with Gasteiger partial charge in [-0.1, -0.05) is 58.0 Å². The minimum Gasteiger partial charge on any atom is -0.417 e. The zero-order valence-corrected chi connectivity index (χ0v) is 16.5. The Morgan fingerprint density at radius 2 is 1.78 bits per heavy atom. The van der Waals surface area contributed by atoms with Crippen LogP contribution in [0.5, 0.6) is 0 Å². The molecule has 0 aliphatic rings. The van der Waals surface area contributed by atoms with E-state index in [1.165, 1.54) is 0 Å². The van der Waals surface area contributed by atoms with Crippen molar-refractivity contribution < 1.29 is 14.0 Å². The Morgan fingerprint density at radius 1 is 1.17 bits per heavy atom. The Bertz CT molecular complexity index is 465. The summed E-state index contributed by atoms with van der Waals surface area (Å²) in [5.41, 5.74) is 1.09. The van der Waals surface area contributed by atoms with Crippen LogP contribution in [0.3, 0.4) is 0 Å². The van der Waals surface area contributed by atoms with Crippen LogP contribution in [0, 0.1) is 5.92 Å². The Labute approximate surface area is 142 Å². The fourth-order valence-electron chi connectivity index (χ4n) is 1.97. The summed E-state index contributed by atoms with van der Waals surface area (Å²) in [5, 5.41) is 0.209. The van der Waals surface area contributed by atoms with Crippen LogP contribution in [-0.4, -0.2) is 27.3 Å². The van der Waals surface area contributed by atoms with E-state index in [1.807, 2.05) is 30.3 Å². The molecule has 0 saturated heterocycles. The molecule has 0 aromatic heterocycles. The number of ether oxygens (including phenoxy) is 1. The van der Waals surface area contributed by atoms with E-state index in [-0.39, 0.29) is 11.1 Å². The Balaban J connectivity index is 2.41. The first kappa shape index (κ1) is 20.1. The first-order chi connectivity index (χ1) is 10.7. The second-order valence-electron chi connectivity index (χ2n) is 7.88. The van der Waals surface area contributed by atoms with Gasteiger partial charge in [0.15, 0.2) is 8.32 Å². The summed E-state index contributed by atoms with van der Waals surface area (Å²) < 4.78 is 12.0. The summed E-state index contributed by atoms with van der Waals surface area (Å²) in [6.07, 6.45) is 1.24. The second kappa shape index (κ2) is 8.76. The third-order valence-electron chi connectivity index (χ3n) is 4.63. The lowest BCUT2D eigenvalue weighted by atomic mass is 10.1. The fraction of sp³-hybridized carbons (Fsp3) is 0.632. The van der Waals surface area contributed by atoms with E-state index in [2.05, 4.69) is 40.8 Å². The van der Waals surface area contributed by atoms with Crippen molar-refractivity contribution in [2.75, 3.05) is 6.61 Å². The smallest absolute Gasteiger partial charge is 0.191 e. The van der Waals surface area contributed by atoms with Gasteiger partial charge in [0.1, 0.15) is 12.4 Å². The van der Waals surface area contributed by atoms with Gasteiger partial charge in [0.05, 0.1) is 6.61 Å². The van der Waals surface area contributed by atoms with Crippen LogP contribution in [0.25, 0.3) is 0 Å². The van der Waals surface area contributed by atoms with Gasteiger partial charge < -0.3 is 14.0 Å². The van der Waals surface area contributed by atoms with Gasteiger partial charge in [-0.25, -0.2) is 0 Å². The van der Waals surface area contributed by atoms with Crippen LogP contribution in [0.2, 0.25) is 18.1 Å². The average Bonchev–Trinajstić information content (AvgIpc) is 2.49. The highest BCUT2D eigenvalue weighted by Gasteiger charge is 2.37. The molecule has 0 amide bonds. The van der Waals surface area contributed by atoms with Crippen molar-refractivity contribution in [1.82, 2.24) is 0 Å². The molecule has 0 N–H and O–H groups in total. The lowest BCUT2D eigenvalue weighted by Gasteiger charge is -2.37. The molecule has 0 heterocycles. The molecule has 0 aliphatic heterocycles. The van der Waals surface area contributed by atoms with E-state index < -0.39 is 8.32 Å². The molecule has 23 heavy (non-hydrogen) atoms. The van der Waals surface area contributed by atoms with Gasteiger partial charge in [-0.05, 0) is 36.0 Å². The van der Waals surface area contributed by atoms with Crippen molar-refractivity contribution in [3.63, 3.8) is 0 Å². The van der Waals surface area contributed by atoms with Gasteiger partial charge in [-0.3, -0.25) is 0 Å². The maximum absolute atomic E-state index is 11.3. The van der Waals surface area contributed by atoms with E-state index in [0.29, 0.717) is 25.6 Å². The standard InChI is InChI=1S/C19H32O3Si/c1-16(14-22-23(5,6)19(2,3)4)12-18(13-20)21-15-17-10-8-7-9-11-17/h7-11,13,16,18H,12,14-15H2,1-6H3/t16-,18-/m1/s1. The van der Waals surface area contributed by atoms with E-state index in [0.717, 1.165) is 11.8 Å². The molecule has 1 aromatic carbocycles. The highest BCUT2D eigenvalue weighted by atomic mass is 28.4. The first-order valence-corrected chi connectivity index (χ1v) is 11.3. The topological polar surface area (TPSA) is 35.5 Å². The molecule has 0 unspecified atom stereocenters. The highest BCUT2D eigenvalue weighted by Crippen LogP contribution is 2.36. The Kier molecular flexibility index (Phi) is 7.65. The quantitative estimate of drug-likeness (QED) is 0.479. The van der Waals surface area contributed by atoms with Crippen LogP contribution in [0.1, 0.15) is 39.7 Å². The van der Waals surface area contributed by atoms with Crippen molar-refractivity contribution in [3.8, 4) is 0 Å². The molecule has 2 atom stereocenters. The number of carbonyl (C=O) groups is 1. The van der Waals surface area contributed by atoms with E-state index in [4.69, 9.17) is 9.16 Å². The number of hydrogen-bond donors (Lipinski definition) is 0. The number of aldehydes is 1. The first-order valence-electron chi connectivity index (χ1n) is 8.40. The SMILES string of the molecule is C[C@@H](CO[Si](C)(C)C(C)(C)C)C[C@H](C=O)OCc1ccccc1. The fourth-order valence-corrected chi connectivity index (χ4v) is 3.11. The number of carbonyl (C=O) groups excluding carboxylic acids is 1. The maximum atomic E-state index is 11.3. The molecule has 0 spiro atoms. The zero-order chi connectivity index (χ0) is 17.5. The van der Waals surface area contributed by atoms with Crippen LogP contribution < -0.4 is 0 Å². The molecule has 0 aliphatic carbocycles. The van der Waals surface area contributed by atoms with Gasteiger partial charge in [0.2, 0.25) is 0 Å². The van der Waals surface area contributed by atoms with E-state index in [9.17, 15) is 4.79 Å². The number of hydrogen-bond acceptors (Lipinski definition) is 3. The van der Waals surface area contributed by atoms with Crippen LogP contribution in [-0.2, 0) is 20.6 Å². The lowest BCUT2D eigenvalue weighted by Crippen LogP contribution is -2.42. The monoisotopic (exact) mass is 336 g/mol. The number of rotatable bonds is 9. The third kappa shape index (κ3) is 6.98. The average molecular weight is 337 g/mol. The predicted molar refractivity (Wildman–Crippen MR) is 98.0 cm³/mol. The largest absolute Gasteiger partial charge is 0.417 e. The normalized spacial score (nSPS) is 15.2. The van der Waals surface area contributed by atoms with Crippen molar-refractivity contribution in [2.24, 2.45) is 5.92 Å². The van der Waals surface area contributed by atoms with Gasteiger partial charge in [0.25, 0.3) is 0 Å². The molecule has 1 rings (SSSR count). The van der Waals surface area contributed by atoms with Crippen molar-refractivity contribution >= 4 is 14.6 Å². The highest BCUT2D eigenvalue weighted by molar-refractivity contribution is 6.74. The molecule has 130 valence electrons. The summed E-state index contributed by atoms with van der Waals surface area (Å²) in [6, 6.07) is 9.94. The zero-order valence-electron chi connectivity index (χ0n) is 15.5. The van der Waals surface area contributed by atoms with Gasteiger partial charge in [0, 0.05) is 6.61 Å². The van der Waals surface area contributed by atoms with Crippen LogP contribution in [0.4, 0.5) is 0 Å². The molecule has 3 nitrogen and oxygen atoms in total. The van der Waals surface area contributed by atoms with Crippen molar-refractivity contribution in [2.45, 2.75) is 65.0 Å². The Hall–Kier alpha value is -0.973. The molecular weight excluding hydrogens is 304 g/mol. The minimum absolute atomic E-state index is 0.209. The number of benzene rings is 1. The Morgan fingerprint density at radius 3 is 2.30 bits per heavy atom. The third-order valence-corrected chi connectivity index (χ3v) is 9.13. The molecular formula is C19H32O3Si. The molecule has 0 saturated carbocycles. The second-order valence-corrected chi connectivity index (χ2v) is 12.7. The van der Waals surface area contributed by atoms with Crippen molar-refractivity contribution in [1.29, 1.82) is 0 Å². The summed E-state index contributed by atoms with van der Waals surface area (Å²) in [6.45, 7) is 14.5. The molecule has 0 radical (unpaired) electrons. The maximum Gasteiger partial charge on any atom is 0.191 e. The lowest BCUT2D eigenvalue weighted by molar-refractivity contribution is -0.120. The van der Waals surface area contributed by atoms with Gasteiger partial charge >= 0.3 is 0 Å². The molecule has 1 aromatic rings. The van der Waals surface area contributed by atoms with Gasteiger partial charge in [-0.2, -0.15) is 0 Å². The molecule has 4 heteroatoms. The summed E-state index contributed by atoms with van der Waals surface area (Å²) in [5.74, 6) is 0.301. The predicted octanol–water partition coefficient (Wildman–Crippen LogP) is 4.82. The molecule has 0 fully saturated rings. The summed E-state index contributed by atoms with van der Waals surface area (Å²) in [4.78, 5) is 11.3. The summed E-state index contributed by atoms with van der Waals surface area (Å²) >= 11 is 0. The van der Waals surface area contributed by atoms with Crippen molar-refractivity contribution in [3.05, 3.63) is 35.9 Å². The van der Waals surface area contributed by atoms with E-state index >= 15 is 0 Å². The molecule has 0 bridgehead atoms. The van der Waals surface area contributed by atoms with Crippen LogP contribution in [0.15, 0.2) is 30.3 Å². The van der Waals surface area contributed by atoms with Crippen LogP contribution >= 0.6 is 0 Å².